The molecule has 0 amide bonds. The van der Waals surface area contributed by atoms with E-state index in [9.17, 15) is 9.90 Å². The van der Waals surface area contributed by atoms with Gasteiger partial charge >= 0.3 is 0 Å². The van der Waals surface area contributed by atoms with Crippen molar-refractivity contribution in [2.24, 2.45) is 4.99 Å². The van der Waals surface area contributed by atoms with Crippen molar-refractivity contribution in [1.82, 2.24) is 0 Å². The quantitative estimate of drug-likeness (QED) is 0.222. The molecule has 1 aliphatic rings. The molecule has 4 nitrogen and oxygen atoms in total. The van der Waals surface area contributed by atoms with Gasteiger partial charge in [-0.15, -0.1) is 0 Å². The number of benzene rings is 1. The molecule has 2 heterocycles. The van der Waals surface area contributed by atoms with Crippen LogP contribution in [0.25, 0.3) is 0 Å². The lowest BCUT2D eigenvalue weighted by Gasteiger charge is -2.04. The highest BCUT2D eigenvalue weighted by Gasteiger charge is 2.19. The van der Waals surface area contributed by atoms with E-state index in [1.165, 1.54) is 89.0 Å². The first kappa shape index (κ1) is 28.2. The number of aliphatic imine (C=N–C) groups is 1. The lowest BCUT2D eigenvalue weighted by atomic mass is 10.0. The van der Waals surface area contributed by atoms with E-state index in [2.05, 4.69) is 40.5 Å². The summed E-state index contributed by atoms with van der Waals surface area (Å²) in [5, 5.41) is 12.3. The second-order valence-electron chi connectivity index (χ2n) is 9.37. The van der Waals surface area contributed by atoms with Crippen molar-refractivity contribution in [3.05, 3.63) is 46.4 Å². The maximum absolute atomic E-state index is 10.2. The van der Waals surface area contributed by atoms with Crippen LogP contribution < -0.4 is 10.1 Å². The number of aromatic nitrogens is 1. The maximum Gasteiger partial charge on any atom is 0.236 e. The summed E-state index contributed by atoms with van der Waals surface area (Å²) < 4.78 is 0. The molecule has 1 aromatic heterocycles. The summed E-state index contributed by atoms with van der Waals surface area (Å²) in [6.07, 6.45) is 20.8. The second kappa shape index (κ2) is 18.3. The fourth-order valence-corrected chi connectivity index (χ4v) is 4.92. The lowest BCUT2D eigenvalue weighted by molar-refractivity contribution is -0.372. The van der Waals surface area contributed by atoms with E-state index < -0.39 is 5.97 Å². The summed E-state index contributed by atoms with van der Waals surface area (Å²) in [4.78, 5) is 18.0. The lowest BCUT2D eigenvalue weighted by Crippen LogP contribution is -2.21. The zero-order chi connectivity index (χ0) is 24.3. The van der Waals surface area contributed by atoms with Gasteiger partial charge in [0, 0.05) is 12.4 Å². The van der Waals surface area contributed by atoms with E-state index in [1.54, 1.807) is 11.3 Å². The minimum atomic E-state index is -0.903. The molecule has 0 atom stereocenters. The molecule has 5 heteroatoms. The molecule has 0 saturated heterocycles. The summed E-state index contributed by atoms with van der Waals surface area (Å²) in [5.74, 6) is -0.903. The first-order chi connectivity index (χ1) is 16.7. The number of para-hydroxylation sites is 1. The van der Waals surface area contributed by atoms with Gasteiger partial charge in [0.1, 0.15) is 5.71 Å². The van der Waals surface area contributed by atoms with Gasteiger partial charge in [0.05, 0.1) is 11.1 Å². The van der Waals surface area contributed by atoms with E-state index in [-0.39, 0.29) is 6.42 Å². The van der Waals surface area contributed by atoms with Gasteiger partial charge in [0.15, 0.2) is 0 Å². The van der Waals surface area contributed by atoms with Crippen LogP contribution in [-0.4, -0.2) is 11.7 Å². The van der Waals surface area contributed by atoms with E-state index in [1.807, 2.05) is 11.6 Å². The summed E-state index contributed by atoms with van der Waals surface area (Å²) in [6, 6.07) is 8.30. The number of rotatable bonds is 17. The molecule has 3 rings (SSSR count). The minimum Gasteiger partial charge on any atom is -0.550 e. The molecule has 0 unspecified atom stereocenters. The van der Waals surface area contributed by atoms with E-state index in [0.29, 0.717) is 0 Å². The molecule has 0 spiro atoms. The first-order valence-electron chi connectivity index (χ1n) is 13.5. The predicted molar refractivity (Wildman–Crippen MR) is 142 cm³/mol. The number of thiazole rings is 1. The molecular formula is C29H44N2O2S. The third-order valence-corrected chi connectivity index (χ3v) is 6.99. The smallest absolute Gasteiger partial charge is 0.236 e. The first-order valence-corrected chi connectivity index (χ1v) is 14.4. The van der Waals surface area contributed by atoms with Gasteiger partial charge in [-0.1, -0.05) is 126 Å². The third kappa shape index (κ3) is 12.5. The number of carbonyl (C=O) groups excluding carboxylic acids is 1. The Morgan fingerprint density at radius 3 is 1.94 bits per heavy atom. The van der Waals surface area contributed by atoms with Gasteiger partial charge < -0.3 is 9.90 Å². The van der Waals surface area contributed by atoms with Gasteiger partial charge in [-0.05, 0) is 24.5 Å². The van der Waals surface area contributed by atoms with Crippen LogP contribution in [0, 0.1) is 0 Å². The predicted octanol–water partition coefficient (Wildman–Crippen LogP) is 7.24. The van der Waals surface area contributed by atoms with Crippen LogP contribution >= 0.6 is 11.3 Å². The van der Waals surface area contributed by atoms with Crippen molar-refractivity contribution >= 4 is 28.7 Å². The Labute approximate surface area is 210 Å². The highest BCUT2D eigenvalue weighted by atomic mass is 32.1. The molecular weight excluding hydrogens is 440 g/mol. The molecule has 34 heavy (non-hydrogen) atoms. The maximum atomic E-state index is 10.2. The van der Waals surface area contributed by atoms with Gasteiger partial charge in [-0.2, -0.15) is 0 Å². The number of aromatic amines is 1. The van der Waals surface area contributed by atoms with Crippen molar-refractivity contribution in [2.45, 2.75) is 116 Å². The number of hydrogen-bond acceptors (Lipinski definition) is 4. The Bertz CT molecular complexity index is 817. The Hall–Kier alpha value is -2.01. The SMILES string of the molecule is CCCCCCCCCCCCCCCCCC(=O)[O-].c1ccc2c(c1)CC(c1csc[nH+]1)=N2. The van der Waals surface area contributed by atoms with Crippen LogP contribution in [0.4, 0.5) is 5.69 Å². The number of H-pyrrole nitrogens is 1. The monoisotopic (exact) mass is 484 g/mol. The number of hydrogen-bond donors (Lipinski definition) is 0. The molecule has 2 aromatic rings. The van der Waals surface area contributed by atoms with Crippen LogP contribution in [0.15, 0.2) is 40.1 Å². The Morgan fingerprint density at radius 1 is 0.882 bits per heavy atom. The van der Waals surface area contributed by atoms with Crippen molar-refractivity contribution in [3.8, 4) is 0 Å². The Balaban J connectivity index is 0.000000252. The van der Waals surface area contributed by atoms with E-state index in [0.717, 1.165) is 36.4 Å². The summed E-state index contributed by atoms with van der Waals surface area (Å²) in [5.41, 5.74) is 6.70. The zero-order valence-corrected chi connectivity index (χ0v) is 22.0. The minimum absolute atomic E-state index is 0.234. The van der Waals surface area contributed by atoms with Crippen LogP contribution in [0.3, 0.4) is 0 Å². The highest BCUT2D eigenvalue weighted by Crippen LogP contribution is 2.27. The molecule has 1 aromatic carbocycles. The zero-order valence-electron chi connectivity index (χ0n) is 21.2. The van der Waals surface area contributed by atoms with E-state index >= 15 is 0 Å². The number of nitrogens with one attached hydrogen (secondary N) is 1. The highest BCUT2D eigenvalue weighted by molar-refractivity contribution is 7.07. The number of unbranched alkanes of at least 4 members (excludes halogenated alkanes) is 14. The standard InChI is InChI=1S/C18H36O2.C11H8N2S/c1-2-3-4-5-6-7-8-9-10-11-12-13-14-15-16-17-18(19)20;1-2-4-9-8(3-1)5-10(13-9)11-6-14-7-12-11/h2-17H2,1H3,(H,19,20);1-4,6-7H,5H2. The number of fused-ring (bicyclic) bond motifs is 1. The third-order valence-electron chi connectivity index (χ3n) is 6.37. The van der Waals surface area contributed by atoms with Crippen LogP contribution in [0.2, 0.25) is 0 Å². The number of carbonyl (C=O) groups is 1. The molecule has 0 saturated carbocycles. The summed E-state index contributed by atoms with van der Waals surface area (Å²) in [7, 11) is 0. The van der Waals surface area contributed by atoms with Crippen LogP contribution in [0.5, 0.6) is 0 Å². The topological polar surface area (TPSA) is 66.6 Å². The average Bonchev–Trinajstić information content (AvgIpc) is 3.52. The molecule has 0 bridgehead atoms. The Morgan fingerprint density at radius 2 is 1.44 bits per heavy atom. The molecule has 0 aliphatic carbocycles. The van der Waals surface area contributed by atoms with Crippen molar-refractivity contribution < 1.29 is 14.9 Å². The Kier molecular flexibility index (Phi) is 15.2. The van der Waals surface area contributed by atoms with Crippen LogP contribution in [-0.2, 0) is 11.2 Å². The fraction of sp³-hybridized carbons (Fsp3) is 0.621. The van der Waals surface area contributed by atoms with Gasteiger partial charge in [0.25, 0.3) is 0 Å². The van der Waals surface area contributed by atoms with Gasteiger partial charge in [0.2, 0.25) is 11.2 Å². The number of aliphatic carboxylic acids is 1. The molecule has 1 N–H and O–H groups in total. The average molecular weight is 485 g/mol. The summed E-state index contributed by atoms with van der Waals surface area (Å²) in [6.45, 7) is 2.27. The second-order valence-corrected chi connectivity index (χ2v) is 10.1. The normalized spacial score (nSPS) is 12.1. The molecule has 0 radical (unpaired) electrons. The largest absolute Gasteiger partial charge is 0.550 e. The van der Waals surface area contributed by atoms with Crippen molar-refractivity contribution in [2.75, 3.05) is 0 Å². The molecule has 188 valence electrons. The van der Waals surface area contributed by atoms with Crippen molar-refractivity contribution in [1.29, 1.82) is 0 Å². The van der Waals surface area contributed by atoms with Gasteiger partial charge in [-0.3, -0.25) is 0 Å². The molecule has 1 aliphatic heterocycles. The number of carboxylic acid groups (broad SMARTS) is 1. The van der Waals surface area contributed by atoms with Crippen LogP contribution in [0.1, 0.15) is 121 Å². The van der Waals surface area contributed by atoms with E-state index in [4.69, 9.17) is 0 Å². The van der Waals surface area contributed by atoms with Crippen molar-refractivity contribution in [3.63, 3.8) is 0 Å². The van der Waals surface area contributed by atoms with Gasteiger partial charge in [-0.25, -0.2) is 9.98 Å². The summed E-state index contributed by atoms with van der Waals surface area (Å²) >= 11 is 1.67. The number of nitrogens with zero attached hydrogens (tertiary/aromatic N) is 1. The number of carboxylic acids is 1. The molecule has 0 fully saturated rings. The fourth-order valence-electron chi connectivity index (χ4n) is 4.32.